The minimum absolute atomic E-state index is 0.766. The van der Waals surface area contributed by atoms with E-state index in [0.29, 0.717) is 0 Å². The molecule has 9 heavy (non-hydrogen) atoms. The van der Waals surface area contributed by atoms with Crippen LogP contribution in [0.5, 0.6) is 0 Å². The number of nitrogens with one attached hydrogen (secondary N) is 1. The van der Waals surface area contributed by atoms with Gasteiger partial charge in [-0.1, -0.05) is 6.08 Å². The number of aliphatic imine (C=N–C) groups is 1. The van der Waals surface area contributed by atoms with Gasteiger partial charge >= 0.3 is 0 Å². The van der Waals surface area contributed by atoms with Gasteiger partial charge in [-0.25, -0.2) is 5.43 Å². The second kappa shape index (κ2) is 5.31. The molecule has 0 rings (SSSR count). The molecule has 0 aromatic carbocycles. The first-order valence-corrected chi connectivity index (χ1v) is 2.80. The highest BCUT2D eigenvalue weighted by Crippen LogP contribution is 1.66. The maximum Gasteiger partial charge on any atom is 0.0986 e. The molecule has 0 aromatic rings. The molecule has 0 saturated carbocycles. The maximum atomic E-state index is 3.79. The van der Waals surface area contributed by atoms with Gasteiger partial charge in [-0.2, -0.15) is 0 Å². The summed E-state index contributed by atoms with van der Waals surface area (Å²) in [5, 5.41) is 1.78. The molecule has 0 saturated heterocycles. The Morgan fingerprint density at radius 1 is 1.78 bits per heavy atom. The first kappa shape index (κ1) is 8.17. The summed E-state index contributed by atoms with van der Waals surface area (Å²) >= 11 is 0. The van der Waals surface area contributed by atoms with Crippen molar-refractivity contribution in [3.8, 4) is 0 Å². The molecule has 0 unspecified atom stereocenters. The highest BCUT2D eigenvalue weighted by Gasteiger charge is 1.82. The van der Waals surface area contributed by atoms with E-state index in [1.165, 1.54) is 0 Å². The van der Waals surface area contributed by atoms with Crippen LogP contribution in [-0.2, 0) is 0 Å². The molecule has 3 nitrogen and oxygen atoms in total. The molecule has 0 bridgehead atoms. The molecule has 1 N–H and O–H groups in total. The van der Waals surface area contributed by atoms with Crippen LogP contribution in [0.4, 0.5) is 0 Å². The lowest BCUT2D eigenvalue weighted by Gasteiger charge is -2.11. The molecule has 0 amide bonds. The molecule has 0 radical (unpaired) electrons. The van der Waals surface area contributed by atoms with Crippen LogP contribution >= 0.6 is 0 Å². The first-order chi connectivity index (χ1) is 4.31. The summed E-state index contributed by atoms with van der Waals surface area (Å²) in [5.41, 5.74) is 3.00. The fraction of sp³-hybridized carbons (Fsp3) is 0.500. The molecule has 3 heteroatoms. The zero-order valence-electron chi connectivity index (χ0n) is 5.96. The number of hydrogen-bond donors (Lipinski definition) is 1. The Morgan fingerprint density at radius 3 is 2.89 bits per heavy atom. The van der Waals surface area contributed by atoms with Gasteiger partial charge in [-0.15, -0.1) is 6.58 Å². The molecule has 0 fully saturated rings. The molecular formula is C6H13N3. The number of rotatable bonds is 4. The van der Waals surface area contributed by atoms with Gasteiger partial charge < -0.3 is 5.01 Å². The molecule has 0 aromatic heterocycles. The molecule has 0 aliphatic rings. The van der Waals surface area contributed by atoms with Crippen molar-refractivity contribution in [1.82, 2.24) is 10.4 Å². The molecule has 0 heterocycles. The van der Waals surface area contributed by atoms with E-state index < -0.39 is 0 Å². The standard InChI is InChI=1S/C6H13N3/c1-4-5-8-9(3)6-7-2/h4,6,8H,1,5H2,2-3H3/b7-6-. The van der Waals surface area contributed by atoms with Crippen LogP contribution < -0.4 is 5.43 Å². The first-order valence-electron chi connectivity index (χ1n) is 2.80. The van der Waals surface area contributed by atoms with Crippen molar-refractivity contribution in [1.29, 1.82) is 0 Å². The van der Waals surface area contributed by atoms with Crippen LogP contribution in [0.1, 0.15) is 0 Å². The Hall–Kier alpha value is -0.830. The summed E-state index contributed by atoms with van der Waals surface area (Å²) in [6, 6.07) is 0. The lowest BCUT2D eigenvalue weighted by molar-refractivity contribution is 0.400. The Labute approximate surface area is 56.0 Å². The fourth-order valence-corrected chi connectivity index (χ4v) is 0.423. The van der Waals surface area contributed by atoms with E-state index >= 15 is 0 Å². The quantitative estimate of drug-likeness (QED) is 0.254. The number of nitrogens with zero attached hydrogens (tertiary/aromatic N) is 2. The van der Waals surface area contributed by atoms with Crippen LogP contribution in [0.15, 0.2) is 17.6 Å². The highest BCUT2D eigenvalue weighted by molar-refractivity contribution is 5.53. The van der Waals surface area contributed by atoms with Crippen molar-refractivity contribution < 1.29 is 0 Å². The van der Waals surface area contributed by atoms with Crippen LogP contribution in [0.25, 0.3) is 0 Å². The second-order valence-corrected chi connectivity index (χ2v) is 1.64. The van der Waals surface area contributed by atoms with Crippen molar-refractivity contribution in [2.75, 3.05) is 20.6 Å². The summed E-state index contributed by atoms with van der Waals surface area (Å²) in [7, 11) is 3.61. The van der Waals surface area contributed by atoms with Gasteiger partial charge in [0.05, 0.1) is 6.34 Å². The zero-order valence-corrected chi connectivity index (χ0v) is 5.96. The predicted octanol–water partition coefficient (Wildman–Crippen LogP) is 0.267. The summed E-state index contributed by atoms with van der Waals surface area (Å²) in [6.07, 6.45) is 3.49. The molecule has 0 spiro atoms. The lowest BCUT2D eigenvalue weighted by atomic mass is 10.6. The predicted molar refractivity (Wildman–Crippen MR) is 40.4 cm³/mol. The summed E-state index contributed by atoms with van der Waals surface area (Å²) in [4.78, 5) is 3.79. The molecular weight excluding hydrogens is 114 g/mol. The molecule has 0 atom stereocenters. The van der Waals surface area contributed by atoms with E-state index in [0.717, 1.165) is 6.54 Å². The Bertz CT molecular complexity index is 98.5. The van der Waals surface area contributed by atoms with Crippen LogP contribution in [0.2, 0.25) is 0 Å². The normalized spacial score (nSPS) is 10.0. The molecule has 0 aliphatic heterocycles. The average molecular weight is 127 g/mol. The van der Waals surface area contributed by atoms with E-state index in [1.54, 1.807) is 24.5 Å². The minimum atomic E-state index is 0.766. The fourth-order valence-electron chi connectivity index (χ4n) is 0.423. The van der Waals surface area contributed by atoms with Crippen molar-refractivity contribution in [2.45, 2.75) is 0 Å². The van der Waals surface area contributed by atoms with Gasteiger partial charge in [-0.05, 0) is 0 Å². The largest absolute Gasteiger partial charge is 0.301 e. The van der Waals surface area contributed by atoms with Crippen LogP contribution in [-0.4, -0.2) is 32.0 Å². The minimum Gasteiger partial charge on any atom is -0.301 e. The Morgan fingerprint density at radius 2 is 2.44 bits per heavy atom. The summed E-state index contributed by atoms with van der Waals surface area (Å²) in [5.74, 6) is 0. The Kier molecular flexibility index (Phi) is 4.82. The average Bonchev–Trinajstić information content (AvgIpc) is 1.85. The van der Waals surface area contributed by atoms with E-state index in [4.69, 9.17) is 0 Å². The highest BCUT2D eigenvalue weighted by atomic mass is 15.5. The van der Waals surface area contributed by atoms with Gasteiger partial charge in [0.25, 0.3) is 0 Å². The smallest absolute Gasteiger partial charge is 0.0986 e. The SMILES string of the molecule is C=CCNN(C)/C=N\C. The maximum absolute atomic E-state index is 3.79. The van der Waals surface area contributed by atoms with Crippen molar-refractivity contribution in [3.05, 3.63) is 12.7 Å². The van der Waals surface area contributed by atoms with Crippen LogP contribution in [0.3, 0.4) is 0 Å². The van der Waals surface area contributed by atoms with E-state index in [-0.39, 0.29) is 0 Å². The van der Waals surface area contributed by atoms with Gasteiger partial charge in [0.2, 0.25) is 0 Å². The Balaban J connectivity index is 3.25. The summed E-state index contributed by atoms with van der Waals surface area (Å²) < 4.78 is 0. The second-order valence-electron chi connectivity index (χ2n) is 1.64. The lowest BCUT2D eigenvalue weighted by Crippen LogP contribution is -2.32. The van der Waals surface area contributed by atoms with E-state index in [9.17, 15) is 0 Å². The third-order valence-electron chi connectivity index (χ3n) is 0.774. The van der Waals surface area contributed by atoms with Gasteiger partial charge in [0.15, 0.2) is 0 Å². The van der Waals surface area contributed by atoms with E-state index in [1.807, 2.05) is 7.05 Å². The van der Waals surface area contributed by atoms with Crippen molar-refractivity contribution in [2.24, 2.45) is 4.99 Å². The van der Waals surface area contributed by atoms with Gasteiger partial charge in [0, 0.05) is 20.6 Å². The molecule has 0 aliphatic carbocycles. The summed E-state index contributed by atoms with van der Waals surface area (Å²) in [6.45, 7) is 4.33. The van der Waals surface area contributed by atoms with Crippen molar-refractivity contribution >= 4 is 6.34 Å². The number of hydrogen-bond acceptors (Lipinski definition) is 2. The van der Waals surface area contributed by atoms with Gasteiger partial charge in [-0.3, -0.25) is 4.99 Å². The molecule has 52 valence electrons. The topological polar surface area (TPSA) is 27.6 Å². The van der Waals surface area contributed by atoms with E-state index in [2.05, 4.69) is 17.0 Å². The van der Waals surface area contributed by atoms with Crippen LogP contribution in [0, 0.1) is 0 Å². The third-order valence-corrected chi connectivity index (χ3v) is 0.774. The van der Waals surface area contributed by atoms with Gasteiger partial charge in [0.1, 0.15) is 0 Å². The third kappa shape index (κ3) is 5.03. The monoisotopic (exact) mass is 127 g/mol. The number of hydrazine groups is 1. The van der Waals surface area contributed by atoms with Crippen molar-refractivity contribution in [3.63, 3.8) is 0 Å². The zero-order chi connectivity index (χ0) is 7.11.